The summed E-state index contributed by atoms with van der Waals surface area (Å²) in [6, 6.07) is 8.09. The summed E-state index contributed by atoms with van der Waals surface area (Å²) in [6.07, 6.45) is 5.26. The van der Waals surface area contributed by atoms with Crippen LogP contribution < -0.4 is 10.1 Å². The molecule has 1 aliphatic carbocycles. The second kappa shape index (κ2) is 10.2. The molecule has 0 atom stereocenters. The molecule has 0 saturated heterocycles. The van der Waals surface area contributed by atoms with E-state index in [1.54, 1.807) is 18.4 Å². The molecule has 35 heavy (non-hydrogen) atoms. The summed E-state index contributed by atoms with van der Waals surface area (Å²) in [6.45, 7) is 3.51. The zero-order valence-corrected chi connectivity index (χ0v) is 21.1. The number of fused-ring (bicyclic) bond motifs is 1. The van der Waals surface area contributed by atoms with E-state index in [0.717, 1.165) is 59.0 Å². The number of hydrogen-bond acceptors (Lipinski definition) is 6. The molecule has 1 N–H and O–H groups in total. The number of hydrogen-bond donors (Lipinski definition) is 1. The summed E-state index contributed by atoms with van der Waals surface area (Å²) in [5.41, 5.74) is 4.23. The molecule has 1 fully saturated rings. The van der Waals surface area contributed by atoms with Gasteiger partial charge in [-0.15, -0.1) is 11.3 Å². The van der Waals surface area contributed by atoms with Gasteiger partial charge in [0, 0.05) is 42.2 Å². The van der Waals surface area contributed by atoms with Gasteiger partial charge in [0.15, 0.2) is 5.69 Å². The summed E-state index contributed by atoms with van der Waals surface area (Å²) in [4.78, 5) is 32.6. The second-order valence-electron chi connectivity index (χ2n) is 9.33. The van der Waals surface area contributed by atoms with E-state index in [-0.39, 0.29) is 24.3 Å². The standard InChI is InChI=1S/C26H31N5O3S/c1-17-27-20(16-35-17)13-24(32)30-12-11-23-22(15-30)25(26(33)28-19-5-3-4-6-19)29-31(23)14-18-7-9-21(34-2)10-8-18/h7-10,16,19H,3-6,11-15H2,1-2H3,(H,28,33). The monoisotopic (exact) mass is 493 g/mol. The maximum absolute atomic E-state index is 13.3. The number of aromatic nitrogens is 3. The topological polar surface area (TPSA) is 89.4 Å². The maximum atomic E-state index is 13.3. The third-order valence-electron chi connectivity index (χ3n) is 6.88. The summed E-state index contributed by atoms with van der Waals surface area (Å²) in [7, 11) is 1.65. The van der Waals surface area contributed by atoms with Crippen molar-refractivity contribution in [2.75, 3.05) is 13.7 Å². The molecule has 2 aromatic heterocycles. The van der Waals surface area contributed by atoms with Gasteiger partial charge in [0.1, 0.15) is 5.75 Å². The molecular weight excluding hydrogens is 462 g/mol. The Balaban J connectivity index is 1.39. The molecule has 0 bridgehead atoms. The Morgan fingerprint density at radius 2 is 1.97 bits per heavy atom. The van der Waals surface area contributed by atoms with Crippen LogP contribution in [0.15, 0.2) is 29.6 Å². The predicted octanol–water partition coefficient (Wildman–Crippen LogP) is 3.50. The van der Waals surface area contributed by atoms with Gasteiger partial charge in [-0.05, 0) is 37.5 Å². The Hall–Kier alpha value is -3.20. The van der Waals surface area contributed by atoms with Crippen molar-refractivity contribution in [3.05, 3.63) is 62.9 Å². The highest BCUT2D eigenvalue weighted by atomic mass is 32.1. The van der Waals surface area contributed by atoms with Crippen molar-refractivity contribution in [1.82, 2.24) is 25.0 Å². The Morgan fingerprint density at radius 1 is 1.20 bits per heavy atom. The lowest BCUT2D eigenvalue weighted by Gasteiger charge is -2.28. The first-order chi connectivity index (χ1) is 17.0. The van der Waals surface area contributed by atoms with Crippen molar-refractivity contribution in [2.24, 2.45) is 0 Å². The first-order valence-electron chi connectivity index (χ1n) is 12.2. The zero-order chi connectivity index (χ0) is 24.4. The first-order valence-corrected chi connectivity index (χ1v) is 13.1. The van der Waals surface area contributed by atoms with Gasteiger partial charge in [0.05, 0.1) is 30.8 Å². The van der Waals surface area contributed by atoms with E-state index >= 15 is 0 Å². The molecule has 9 heteroatoms. The van der Waals surface area contributed by atoms with Crippen molar-refractivity contribution < 1.29 is 14.3 Å². The molecule has 2 aliphatic rings. The number of nitrogens with zero attached hydrogens (tertiary/aromatic N) is 4. The zero-order valence-electron chi connectivity index (χ0n) is 20.2. The molecule has 8 nitrogen and oxygen atoms in total. The summed E-state index contributed by atoms with van der Waals surface area (Å²) in [5, 5.41) is 10.9. The number of carbonyl (C=O) groups excluding carboxylic acids is 2. The lowest BCUT2D eigenvalue weighted by molar-refractivity contribution is -0.131. The number of amides is 2. The van der Waals surface area contributed by atoms with Crippen LogP contribution in [-0.4, -0.2) is 51.2 Å². The van der Waals surface area contributed by atoms with Gasteiger partial charge in [-0.2, -0.15) is 5.10 Å². The average molecular weight is 494 g/mol. The fraction of sp³-hybridized carbons (Fsp3) is 0.462. The normalized spacial score (nSPS) is 15.8. The summed E-state index contributed by atoms with van der Waals surface area (Å²) in [5.74, 6) is 0.703. The van der Waals surface area contributed by atoms with Crippen LogP contribution in [0.5, 0.6) is 5.75 Å². The number of nitrogens with one attached hydrogen (secondary N) is 1. The van der Waals surface area contributed by atoms with Crippen molar-refractivity contribution in [2.45, 2.75) is 64.6 Å². The number of rotatable bonds is 7. The van der Waals surface area contributed by atoms with Gasteiger partial charge < -0.3 is 15.0 Å². The van der Waals surface area contributed by atoms with E-state index in [1.807, 2.05) is 46.2 Å². The van der Waals surface area contributed by atoms with Crippen molar-refractivity contribution in [3.8, 4) is 5.75 Å². The molecule has 0 spiro atoms. The van der Waals surface area contributed by atoms with Gasteiger partial charge in [-0.1, -0.05) is 25.0 Å². The quantitative estimate of drug-likeness (QED) is 0.544. The van der Waals surface area contributed by atoms with Gasteiger partial charge >= 0.3 is 0 Å². The SMILES string of the molecule is COc1ccc(Cn2nc(C(=O)NC3CCCC3)c3c2CCN(C(=O)Cc2csc(C)n2)C3)cc1. The van der Waals surface area contributed by atoms with Crippen LogP contribution >= 0.6 is 11.3 Å². The Bertz CT molecular complexity index is 1210. The van der Waals surface area contributed by atoms with Crippen LogP contribution in [0.3, 0.4) is 0 Å². The maximum Gasteiger partial charge on any atom is 0.272 e. The largest absolute Gasteiger partial charge is 0.497 e. The Morgan fingerprint density at radius 3 is 2.66 bits per heavy atom. The third-order valence-corrected chi connectivity index (χ3v) is 7.70. The lowest BCUT2D eigenvalue weighted by Crippen LogP contribution is -2.39. The fourth-order valence-corrected chi connectivity index (χ4v) is 5.61. The van der Waals surface area contributed by atoms with Crippen LogP contribution in [-0.2, 0) is 30.7 Å². The molecule has 0 radical (unpaired) electrons. The van der Waals surface area contributed by atoms with Crippen LogP contribution in [0, 0.1) is 6.92 Å². The van der Waals surface area contributed by atoms with Crippen molar-refractivity contribution in [3.63, 3.8) is 0 Å². The summed E-state index contributed by atoms with van der Waals surface area (Å²) >= 11 is 1.55. The molecule has 0 unspecified atom stereocenters. The smallest absolute Gasteiger partial charge is 0.272 e. The third kappa shape index (κ3) is 5.24. The van der Waals surface area contributed by atoms with Gasteiger partial charge in [-0.3, -0.25) is 14.3 Å². The molecule has 1 saturated carbocycles. The number of carbonyl (C=O) groups is 2. The number of ether oxygens (including phenoxy) is 1. The van der Waals surface area contributed by atoms with Gasteiger partial charge in [0.2, 0.25) is 5.91 Å². The first kappa shape index (κ1) is 23.5. The Labute approximate surface area is 209 Å². The van der Waals surface area contributed by atoms with Gasteiger partial charge in [-0.25, -0.2) is 4.98 Å². The van der Waals surface area contributed by atoms with E-state index in [9.17, 15) is 9.59 Å². The molecule has 1 aliphatic heterocycles. The van der Waals surface area contributed by atoms with E-state index in [0.29, 0.717) is 31.7 Å². The lowest BCUT2D eigenvalue weighted by atomic mass is 10.0. The second-order valence-corrected chi connectivity index (χ2v) is 10.4. The van der Waals surface area contributed by atoms with Crippen LogP contribution in [0.1, 0.15) is 63.7 Å². The highest BCUT2D eigenvalue weighted by Gasteiger charge is 2.31. The molecule has 3 aromatic rings. The van der Waals surface area contributed by atoms with Crippen LogP contribution in [0.4, 0.5) is 0 Å². The minimum absolute atomic E-state index is 0.0333. The highest BCUT2D eigenvalue weighted by Crippen LogP contribution is 2.26. The van der Waals surface area contributed by atoms with Gasteiger partial charge in [0.25, 0.3) is 5.91 Å². The molecule has 3 heterocycles. The minimum atomic E-state index is -0.133. The number of aryl methyl sites for hydroxylation is 1. The number of methoxy groups -OCH3 is 1. The van der Waals surface area contributed by atoms with E-state index < -0.39 is 0 Å². The van der Waals surface area contributed by atoms with E-state index in [2.05, 4.69) is 10.3 Å². The molecule has 2 amide bonds. The Kier molecular flexibility index (Phi) is 6.86. The van der Waals surface area contributed by atoms with Crippen LogP contribution in [0.25, 0.3) is 0 Å². The number of benzene rings is 1. The predicted molar refractivity (Wildman–Crippen MR) is 134 cm³/mol. The van der Waals surface area contributed by atoms with Crippen molar-refractivity contribution in [1.29, 1.82) is 0 Å². The molecular formula is C26H31N5O3S. The molecule has 5 rings (SSSR count). The van der Waals surface area contributed by atoms with Crippen molar-refractivity contribution >= 4 is 23.2 Å². The molecule has 1 aromatic carbocycles. The number of thiazole rings is 1. The minimum Gasteiger partial charge on any atom is -0.497 e. The average Bonchev–Trinajstić information content (AvgIpc) is 3.60. The fourth-order valence-electron chi connectivity index (χ4n) is 5.00. The van der Waals surface area contributed by atoms with E-state index in [1.165, 1.54) is 0 Å². The summed E-state index contributed by atoms with van der Waals surface area (Å²) < 4.78 is 7.21. The molecule has 184 valence electrons. The highest BCUT2D eigenvalue weighted by molar-refractivity contribution is 7.09. The van der Waals surface area contributed by atoms with E-state index in [4.69, 9.17) is 9.84 Å². The van der Waals surface area contributed by atoms with Crippen LogP contribution in [0.2, 0.25) is 0 Å².